The van der Waals surface area contributed by atoms with Gasteiger partial charge in [-0.25, -0.2) is 0 Å². The molecular formula is C16H20N2O. The van der Waals surface area contributed by atoms with E-state index < -0.39 is 0 Å². The van der Waals surface area contributed by atoms with Crippen LogP contribution in [0.25, 0.3) is 0 Å². The van der Waals surface area contributed by atoms with Crippen molar-refractivity contribution in [1.82, 2.24) is 10.3 Å². The van der Waals surface area contributed by atoms with Crippen molar-refractivity contribution in [2.45, 2.75) is 19.9 Å². The molecular weight excluding hydrogens is 236 g/mol. The van der Waals surface area contributed by atoms with Crippen molar-refractivity contribution in [1.29, 1.82) is 0 Å². The molecule has 19 heavy (non-hydrogen) atoms. The lowest BCUT2D eigenvalue weighted by Crippen LogP contribution is -2.17. The highest BCUT2D eigenvalue weighted by Gasteiger charge is 2.12. The van der Waals surface area contributed by atoms with E-state index in [-0.39, 0.29) is 6.04 Å². The first-order valence-corrected chi connectivity index (χ1v) is 6.56. The smallest absolute Gasteiger partial charge is 0.119 e. The maximum atomic E-state index is 5.47. The molecule has 3 nitrogen and oxygen atoms in total. The monoisotopic (exact) mass is 256 g/mol. The normalized spacial score (nSPS) is 12.2. The van der Waals surface area contributed by atoms with Crippen molar-refractivity contribution >= 4 is 0 Å². The number of aromatic nitrogens is 1. The van der Waals surface area contributed by atoms with E-state index in [0.29, 0.717) is 6.61 Å². The van der Waals surface area contributed by atoms with Crippen molar-refractivity contribution in [3.8, 4) is 5.75 Å². The highest BCUT2D eigenvalue weighted by molar-refractivity contribution is 5.35. The Hall–Kier alpha value is -1.87. The first kappa shape index (κ1) is 13.6. The van der Waals surface area contributed by atoms with Crippen molar-refractivity contribution in [2.75, 3.05) is 13.7 Å². The quantitative estimate of drug-likeness (QED) is 0.892. The van der Waals surface area contributed by atoms with Gasteiger partial charge in [0, 0.05) is 12.4 Å². The molecule has 1 aromatic carbocycles. The molecule has 0 spiro atoms. The first-order chi connectivity index (χ1) is 9.24. The fourth-order valence-electron chi connectivity index (χ4n) is 2.19. The minimum Gasteiger partial charge on any atom is -0.494 e. The minimum atomic E-state index is 0.156. The van der Waals surface area contributed by atoms with Gasteiger partial charge in [0.1, 0.15) is 5.75 Å². The number of nitrogens with one attached hydrogen (secondary N) is 1. The molecule has 0 fully saturated rings. The Bertz CT molecular complexity index is 523. The third-order valence-corrected chi connectivity index (χ3v) is 3.04. The fourth-order valence-corrected chi connectivity index (χ4v) is 2.19. The van der Waals surface area contributed by atoms with E-state index >= 15 is 0 Å². The number of benzene rings is 1. The van der Waals surface area contributed by atoms with E-state index in [1.807, 2.05) is 38.5 Å². The third kappa shape index (κ3) is 3.32. The lowest BCUT2D eigenvalue weighted by atomic mass is 9.99. The van der Waals surface area contributed by atoms with Gasteiger partial charge in [0.25, 0.3) is 0 Å². The van der Waals surface area contributed by atoms with Crippen LogP contribution in [0.4, 0.5) is 0 Å². The number of ether oxygens (including phenoxy) is 1. The molecule has 0 aliphatic heterocycles. The second kappa shape index (κ2) is 6.34. The van der Waals surface area contributed by atoms with E-state index in [0.717, 1.165) is 5.75 Å². The molecule has 1 atom stereocenters. The first-order valence-electron chi connectivity index (χ1n) is 6.56. The summed E-state index contributed by atoms with van der Waals surface area (Å²) in [6, 6.07) is 10.5. The van der Waals surface area contributed by atoms with Gasteiger partial charge in [-0.05, 0) is 49.7 Å². The van der Waals surface area contributed by atoms with Crippen LogP contribution in [-0.2, 0) is 0 Å². The van der Waals surface area contributed by atoms with Crippen LogP contribution in [0.5, 0.6) is 5.75 Å². The maximum Gasteiger partial charge on any atom is 0.119 e. The van der Waals surface area contributed by atoms with Gasteiger partial charge in [-0.1, -0.05) is 18.2 Å². The van der Waals surface area contributed by atoms with E-state index in [4.69, 9.17) is 4.74 Å². The molecule has 1 heterocycles. The zero-order valence-corrected chi connectivity index (χ0v) is 11.7. The highest BCUT2D eigenvalue weighted by atomic mass is 16.5. The largest absolute Gasteiger partial charge is 0.494 e. The van der Waals surface area contributed by atoms with Crippen LogP contribution in [-0.4, -0.2) is 18.6 Å². The Balaban J connectivity index is 2.26. The lowest BCUT2D eigenvalue weighted by Gasteiger charge is -2.17. The second-order valence-corrected chi connectivity index (χ2v) is 4.52. The molecule has 0 amide bonds. The van der Waals surface area contributed by atoms with E-state index in [1.54, 1.807) is 0 Å². The summed E-state index contributed by atoms with van der Waals surface area (Å²) in [6.45, 7) is 4.74. The van der Waals surface area contributed by atoms with Gasteiger partial charge in [0.2, 0.25) is 0 Å². The minimum absolute atomic E-state index is 0.156. The van der Waals surface area contributed by atoms with Crippen LogP contribution < -0.4 is 10.1 Å². The van der Waals surface area contributed by atoms with Crippen LogP contribution in [0.15, 0.2) is 42.7 Å². The summed E-state index contributed by atoms with van der Waals surface area (Å²) in [5.41, 5.74) is 3.55. The van der Waals surface area contributed by atoms with E-state index in [9.17, 15) is 0 Å². The second-order valence-electron chi connectivity index (χ2n) is 4.52. The van der Waals surface area contributed by atoms with Gasteiger partial charge in [-0.2, -0.15) is 0 Å². The average molecular weight is 256 g/mol. The molecule has 0 saturated carbocycles. The molecule has 1 unspecified atom stereocenters. The Kier molecular flexibility index (Phi) is 4.53. The molecule has 2 rings (SSSR count). The molecule has 0 radical (unpaired) electrons. The SMILES string of the molecule is CCOc1ccc(C(NC)c2cncc(C)c2)cc1. The molecule has 1 aromatic heterocycles. The van der Waals surface area contributed by atoms with Crippen molar-refractivity contribution in [2.24, 2.45) is 0 Å². The van der Waals surface area contributed by atoms with Crippen LogP contribution in [0.1, 0.15) is 29.7 Å². The highest BCUT2D eigenvalue weighted by Crippen LogP contribution is 2.23. The van der Waals surface area contributed by atoms with Crippen LogP contribution in [0.2, 0.25) is 0 Å². The summed E-state index contributed by atoms with van der Waals surface area (Å²) in [7, 11) is 1.96. The molecule has 100 valence electrons. The van der Waals surface area contributed by atoms with Gasteiger partial charge in [-0.15, -0.1) is 0 Å². The van der Waals surface area contributed by atoms with Gasteiger partial charge >= 0.3 is 0 Å². The summed E-state index contributed by atoms with van der Waals surface area (Å²) in [4.78, 5) is 4.26. The van der Waals surface area contributed by atoms with Gasteiger partial charge in [-0.3, -0.25) is 4.98 Å². The maximum absolute atomic E-state index is 5.47. The number of rotatable bonds is 5. The Labute approximate surface area is 114 Å². The summed E-state index contributed by atoms with van der Waals surface area (Å²) >= 11 is 0. The fraction of sp³-hybridized carbons (Fsp3) is 0.312. The zero-order valence-electron chi connectivity index (χ0n) is 11.7. The van der Waals surface area contributed by atoms with E-state index in [1.165, 1.54) is 16.7 Å². The van der Waals surface area contributed by atoms with Crippen molar-refractivity contribution < 1.29 is 4.74 Å². The summed E-state index contributed by atoms with van der Waals surface area (Å²) in [5, 5.41) is 3.33. The predicted molar refractivity (Wildman–Crippen MR) is 77.5 cm³/mol. The molecule has 0 saturated heterocycles. The lowest BCUT2D eigenvalue weighted by molar-refractivity contribution is 0.340. The predicted octanol–water partition coefficient (Wildman–Crippen LogP) is 3.10. The summed E-state index contributed by atoms with van der Waals surface area (Å²) in [6.07, 6.45) is 3.78. The third-order valence-electron chi connectivity index (χ3n) is 3.04. The molecule has 0 bridgehead atoms. The van der Waals surface area contributed by atoms with Crippen molar-refractivity contribution in [3.05, 3.63) is 59.4 Å². The Morgan fingerprint density at radius 3 is 2.47 bits per heavy atom. The van der Waals surface area contributed by atoms with Gasteiger partial charge < -0.3 is 10.1 Å². The van der Waals surface area contributed by atoms with Gasteiger partial charge in [0.15, 0.2) is 0 Å². The Morgan fingerprint density at radius 1 is 1.16 bits per heavy atom. The number of pyridine rings is 1. The van der Waals surface area contributed by atoms with Crippen LogP contribution in [0, 0.1) is 6.92 Å². The Morgan fingerprint density at radius 2 is 1.89 bits per heavy atom. The number of aryl methyl sites for hydroxylation is 1. The zero-order chi connectivity index (χ0) is 13.7. The number of hydrogen-bond donors (Lipinski definition) is 1. The molecule has 3 heteroatoms. The molecule has 0 aliphatic carbocycles. The van der Waals surface area contributed by atoms with Crippen LogP contribution >= 0.6 is 0 Å². The molecule has 0 aliphatic rings. The standard InChI is InChI=1S/C16H20N2O/c1-4-19-15-7-5-13(6-8-15)16(17-3)14-9-12(2)10-18-11-14/h5-11,16-17H,4H2,1-3H3. The van der Waals surface area contributed by atoms with Gasteiger partial charge in [0.05, 0.1) is 12.6 Å². The average Bonchev–Trinajstić information content (AvgIpc) is 2.42. The molecule has 2 aromatic rings. The summed E-state index contributed by atoms with van der Waals surface area (Å²) in [5.74, 6) is 0.906. The van der Waals surface area contributed by atoms with Crippen molar-refractivity contribution in [3.63, 3.8) is 0 Å². The molecule has 1 N–H and O–H groups in total. The number of hydrogen-bond acceptors (Lipinski definition) is 3. The number of nitrogens with zero attached hydrogens (tertiary/aromatic N) is 1. The summed E-state index contributed by atoms with van der Waals surface area (Å²) < 4.78 is 5.47. The topological polar surface area (TPSA) is 34.1 Å². The van der Waals surface area contributed by atoms with E-state index in [2.05, 4.69) is 35.4 Å². The van der Waals surface area contributed by atoms with Crippen LogP contribution in [0.3, 0.4) is 0 Å².